The second-order valence-electron chi connectivity index (χ2n) is 7.07. The van der Waals surface area contributed by atoms with Crippen molar-refractivity contribution in [3.63, 3.8) is 0 Å². The molecule has 1 aliphatic heterocycles. The van der Waals surface area contributed by atoms with E-state index in [1.165, 1.54) is 10.8 Å². The van der Waals surface area contributed by atoms with Crippen molar-refractivity contribution in [2.75, 3.05) is 6.61 Å². The molecule has 2 aliphatic rings. The highest BCUT2D eigenvalue weighted by Crippen LogP contribution is 2.67. The van der Waals surface area contributed by atoms with Gasteiger partial charge in [0.05, 0.1) is 19.1 Å². The summed E-state index contributed by atoms with van der Waals surface area (Å²) in [6.07, 6.45) is -3.67. The van der Waals surface area contributed by atoms with Gasteiger partial charge in [0.15, 0.2) is 0 Å². The van der Waals surface area contributed by atoms with E-state index in [0.29, 0.717) is 6.42 Å². The Morgan fingerprint density at radius 2 is 1.96 bits per heavy atom. The minimum absolute atomic E-state index is 0.0617. The molecule has 0 aromatic rings. The van der Waals surface area contributed by atoms with Gasteiger partial charge in [-0.2, -0.15) is 18.4 Å². The molecule has 0 spiro atoms. The van der Waals surface area contributed by atoms with Crippen molar-refractivity contribution in [2.45, 2.75) is 87.7 Å². The van der Waals surface area contributed by atoms with Gasteiger partial charge in [-0.15, -0.1) is 0 Å². The molecule has 1 heterocycles. The van der Waals surface area contributed by atoms with Crippen molar-refractivity contribution in [3.05, 3.63) is 0 Å². The van der Waals surface area contributed by atoms with Gasteiger partial charge in [-0.25, -0.2) is 4.67 Å². The van der Waals surface area contributed by atoms with Crippen LogP contribution in [-0.2, 0) is 9.05 Å². The highest BCUT2D eigenvalue weighted by Gasteiger charge is 2.68. The van der Waals surface area contributed by atoms with E-state index in [2.05, 4.69) is 0 Å². The number of halogens is 3. The Kier molecular flexibility index (Phi) is 7.98. The summed E-state index contributed by atoms with van der Waals surface area (Å²) < 4.78 is 53.9. The molecule has 2 fully saturated rings. The standard InChI is InChI=1S/C16H26F3N2O2PS2/c1-11(2)21(12(3)4)24(22-10-6-9-20)23-14-13-7-5-8-15(14,26-25-13)16(17,18)19/h11-14H,5-8,10H2,1-4H3. The fraction of sp³-hybridized carbons (Fsp3) is 0.938. The molecule has 1 aliphatic carbocycles. The Labute approximate surface area is 162 Å². The Morgan fingerprint density at radius 1 is 1.31 bits per heavy atom. The molecule has 0 radical (unpaired) electrons. The SMILES string of the molecule is CC(C)N(C(C)C)P(OCCC#N)OC1C2CCCC1(C(F)(F)F)SS2. The molecule has 4 nitrogen and oxygen atoms in total. The topological polar surface area (TPSA) is 45.5 Å². The van der Waals surface area contributed by atoms with E-state index >= 15 is 0 Å². The van der Waals surface area contributed by atoms with Crippen LogP contribution in [0.4, 0.5) is 13.2 Å². The first-order valence-electron chi connectivity index (χ1n) is 8.80. The van der Waals surface area contributed by atoms with E-state index in [1.807, 2.05) is 38.4 Å². The van der Waals surface area contributed by atoms with Crippen molar-refractivity contribution >= 4 is 30.1 Å². The summed E-state index contributed by atoms with van der Waals surface area (Å²) in [6, 6.07) is 2.13. The number of hydrogen-bond donors (Lipinski definition) is 0. The maximum absolute atomic E-state index is 13.9. The fourth-order valence-electron chi connectivity index (χ4n) is 3.39. The molecule has 2 bridgehead atoms. The third-order valence-corrected chi connectivity index (χ3v) is 10.3. The summed E-state index contributed by atoms with van der Waals surface area (Å²) in [4.78, 5) is 0. The number of alkyl halides is 3. The fourth-order valence-corrected chi connectivity index (χ4v) is 9.33. The van der Waals surface area contributed by atoms with Crippen molar-refractivity contribution in [3.8, 4) is 6.07 Å². The second-order valence-corrected chi connectivity index (χ2v) is 11.2. The highest BCUT2D eigenvalue weighted by molar-refractivity contribution is 8.78. The van der Waals surface area contributed by atoms with Crippen LogP contribution in [0.3, 0.4) is 0 Å². The molecule has 10 heteroatoms. The second kappa shape index (κ2) is 9.19. The zero-order valence-electron chi connectivity index (χ0n) is 15.5. The summed E-state index contributed by atoms with van der Waals surface area (Å²) in [7, 11) is 0.552. The summed E-state index contributed by atoms with van der Waals surface area (Å²) in [5.74, 6) is 0. The monoisotopic (exact) mass is 430 g/mol. The summed E-state index contributed by atoms with van der Waals surface area (Å²) >= 11 is 0. The molecule has 26 heavy (non-hydrogen) atoms. The molecular formula is C16H26F3N2O2PS2. The van der Waals surface area contributed by atoms with Gasteiger partial charge in [0, 0.05) is 17.3 Å². The van der Waals surface area contributed by atoms with Crippen LogP contribution in [0.2, 0.25) is 0 Å². The van der Waals surface area contributed by atoms with Gasteiger partial charge in [0.2, 0.25) is 0 Å². The smallest absolute Gasteiger partial charge is 0.321 e. The van der Waals surface area contributed by atoms with Crippen LogP contribution in [0.5, 0.6) is 0 Å². The minimum atomic E-state index is -4.32. The molecule has 0 aromatic carbocycles. The number of fused-ring (bicyclic) bond motifs is 2. The summed E-state index contributed by atoms with van der Waals surface area (Å²) in [5.41, 5.74) is 0. The molecular weight excluding hydrogens is 404 g/mol. The van der Waals surface area contributed by atoms with Gasteiger partial charge < -0.3 is 9.05 Å². The summed E-state index contributed by atoms with van der Waals surface area (Å²) in [6.45, 7) is 8.07. The average molecular weight is 430 g/mol. The van der Waals surface area contributed by atoms with E-state index in [0.717, 1.165) is 17.2 Å². The first-order chi connectivity index (χ1) is 12.1. The van der Waals surface area contributed by atoms with Crippen LogP contribution in [-0.4, -0.2) is 45.6 Å². The lowest BCUT2D eigenvalue weighted by Crippen LogP contribution is -2.55. The number of nitrogens with zero attached hydrogens (tertiary/aromatic N) is 2. The first-order valence-corrected chi connectivity index (χ1v) is 12.1. The van der Waals surface area contributed by atoms with Gasteiger partial charge in [-0.05, 0) is 40.5 Å². The molecule has 4 atom stereocenters. The molecule has 2 rings (SSSR count). The van der Waals surface area contributed by atoms with Crippen LogP contribution in [0, 0.1) is 11.3 Å². The Morgan fingerprint density at radius 3 is 2.50 bits per heavy atom. The first kappa shape index (κ1) is 22.6. The van der Waals surface area contributed by atoms with Gasteiger partial charge in [0.1, 0.15) is 10.9 Å². The zero-order valence-corrected chi connectivity index (χ0v) is 18.0. The minimum Gasteiger partial charge on any atom is -0.321 e. The van der Waals surface area contributed by atoms with Crippen LogP contribution in [0.25, 0.3) is 0 Å². The molecule has 1 saturated carbocycles. The molecule has 150 valence electrons. The lowest BCUT2D eigenvalue weighted by Gasteiger charge is -2.43. The van der Waals surface area contributed by atoms with E-state index in [9.17, 15) is 13.2 Å². The zero-order chi connectivity index (χ0) is 19.5. The average Bonchev–Trinajstić information content (AvgIpc) is 2.73. The van der Waals surface area contributed by atoms with Crippen molar-refractivity contribution in [1.82, 2.24) is 4.67 Å². The van der Waals surface area contributed by atoms with Crippen molar-refractivity contribution < 1.29 is 22.2 Å². The van der Waals surface area contributed by atoms with E-state index in [4.69, 9.17) is 14.3 Å². The van der Waals surface area contributed by atoms with E-state index < -0.39 is 25.6 Å². The molecule has 4 unspecified atom stereocenters. The Hall–Kier alpha value is 0.290. The maximum atomic E-state index is 13.9. The van der Waals surface area contributed by atoms with Crippen molar-refractivity contribution in [1.29, 1.82) is 5.26 Å². The van der Waals surface area contributed by atoms with Crippen LogP contribution >= 0.6 is 30.1 Å². The molecule has 1 saturated heterocycles. The Balaban J connectivity index is 2.26. The molecule has 0 aromatic heterocycles. The van der Waals surface area contributed by atoms with Gasteiger partial charge >= 0.3 is 6.18 Å². The largest absolute Gasteiger partial charge is 0.406 e. The van der Waals surface area contributed by atoms with Crippen LogP contribution in [0.15, 0.2) is 0 Å². The van der Waals surface area contributed by atoms with Gasteiger partial charge in [-0.3, -0.25) is 0 Å². The normalized spacial score (nSPS) is 30.2. The molecule has 0 N–H and O–H groups in total. The van der Waals surface area contributed by atoms with E-state index in [1.54, 1.807) is 0 Å². The van der Waals surface area contributed by atoms with Gasteiger partial charge in [-0.1, -0.05) is 28.0 Å². The predicted octanol–water partition coefficient (Wildman–Crippen LogP) is 5.90. The third-order valence-electron chi connectivity index (χ3n) is 4.50. The lowest BCUT2D eigenvalue weighted by atomic mass is 9.84. The van der Waals surface area contributed by atoms with Crippen molar-refractivity contribution in [2.24, 2.45) is 0 Å². The predicted molar refractivity (Wildman–Crippen MR) is 102 cm³/mol. The quantitative estimate of drug-likeness (QED) is 0.272. The number of nitriles is 1. The van der Waals surface area contributed by atoms with Gasteiger partial charge in [0.25, 0.3) is 8.53 Å². The third kappa shape index (κ3) is 4.64. The maximum Gasteiger partial charge on any atom is 0.406 e. The van der Waals surface area contributed by atoms with Crippen LogP contribution in [0.1, 0.15) is 53.4 Å². The number of rotatable bonds is 8. The van der Waals surface area contributed by atoms with E-state index in [-0.39, 0.29) is 36.8 Å². The number of hydrogen-bond acceptors (Lipinski definition) is 6. The highest BCUT2D eigenvalue weighted by atomic mass is 33.1. The molecule has 0 amide bonds. The Bertz CT molecular complexity index is 507. The lowest BCUT2D eigenvalue weighted by molar-refractivity contribution is -0.184. The van der Waals surface area contributed by atoms with Crippen LogP contribution < -0.4 is 0 Å². The summed E-state index contributed by atoms with van der Waals surface area (Å²) in [5, 5.41) is 8.59.